The number of aliphatic hydroxyl groups is 1. The Hall–Kier alpha value is -2.73. The van der Waals surface area contributed by atoms with Crippen LogP contribution >= 0.6 is 0 Å². The fraction of sp³-hybridized carbons (Fsp3) is 0.316. The first-order valence-corrected chi connectivity index (χ1v) is 8.29. The largest absolute Gasteiger partial charge is 0.388 e. The number of aliphatic hydroxyl groups excluding tert-OH is 1. The number of amides is 1. The zero-order chi connectivity index (χ0) is 18.0. The van der Waals surface area contributed by atoms with Crippen molar-refractivity contribution in [1.29, 1.82) is 0 Å². The molecular weight excluding hydrogens is 316 g/mol. The third-order valence-corrected chi connectivity index (χ3v) is 4.23. The highest BCUT2D eigenvalue weighted by molar-refractivity contribution is 6.06. The molecule has 1 unspecified atom stereocenters. The molecule has 2 aromatic heterocycles. The third kappa shape index (κ3) is 3.53. The number of nitrogens with one attached hydrogen (secondary N) is 1. The van der Waals surface area contributed by atoms with Gasteiger partial charge in [0.1, 0.15) is 0 Å². The van der Waals surface area contributed by atoms with Gasteiger partial charge in [-0.15, -0.1) is 0 Å². The van der Waals surface area contributed by atoms with Gasteiger partial charge in [0.25, 0.3) is 5.91 Å². The first-order chi connectivity index (χ1) is 12.0. The molecule has 0 aliphatic rings. The molecule has 0 spiro atoms. The Morgan fingerprint density at radius 2 is 2.00 bits per heavy atom. The zero-order valence-electron chi connectivity index (χ0n) is 14.7. The number of nitrogens with zero attached hydrogens (tertiary/aromatic N) is 3. The monoisotopic (exact) mass is 338 g/mol. The number of hydrogen-bond acceptors (Lipinski definition) is 4. The van der Waals surface area contributed by atoms with Crippen LogP contribution in [0.2, 0.25) is 0 Å². The molecule has 2 N–H and O–H groups in total. The molecule has 130 valence electrons. The molecule has 3 rings (SSSR count). The summed E-state index contributed by atoms with van der Waals surface area (Å²) >= 11 is 0. The Kier molecular flexibility index (Phi) is 4.81. The summed E-state index contributed by atoms with van der Waals surface area (Å²) in [6.07, 6.45) is -0.143. The lowest BCUT2D eigenvalue weighted by Gasteiger charge is -2.12. The summed E-state index contributed by atoms with van der Waals surface area (Å²) < 4.78 is 1.69. The van der Waals surface area contributed by atoms with Gasteiger partial charge < -0.3 is 10.4 Å². The molecule has 0 aliphatic carbocycles. The molecule has 6 nitrogen and oxygen atoms in total. The summed E-state index contributed by atoms with van der Waals surface area (Å²) in [5.74, 6) is -0.174. The van der Waals surface area contributed by atoms with Gasteiger partial charge in [-0.3, -0.25) is 9.48 Å². The average Bonchev–Trinajstić information content (AvgIpc) is 2.88. The molecule has 2 heterocycles. The Balaban J connectivity index is 1.73. The fourth-order valence-electron chi connectivity index (χ4n) is 3.01. The predicted octanol–water partition coefficient (Wildman–Crippen LogP) is 2.44. The van der Waals surface area contributed by atoms with Crippen molar-refractivity contribution >= 4 is 16.9 Å². The second-order valence-corrected chi connectivity index (χ2v) is 6.19. The Morgan fingerprint density at radius 3 is 2.72 bits per heavy atom. The van der Waals surface area contributed by atoms with Crippen LogP contribution in [0.25, 0.3) is 11.0 Å². The molecule has 25 heavy (non-hydrogen) atoms. The van der Waals surface area contributed by atoms with Crippen LogP contribution in [0.1, 0.15) is 39.8 Å². The minimum Gasteiger partial charge on any atom is -0.388 e. The van der Waals surface area contributed by atoms with Crippen molar-refractivity contribution in [3.63, 3.8) is 0 Å². The fourth-order valence-corrected chi connectivity index (χ4v) is 3.01. The lowest BCUT2D eigenvalue weighted by molar-refractivity contribution is 0.0944. The summed E-state index contributed by atoms with van der Waals surface area (Å²) in [4.78, 5) is 17.1. The van der Waals surface area contributed by atoms with Crippen molar-refractivity contribution < 1.29 is 9.90 Å². The molecule has 0 radical (unpaired) electrons. The maximum atomic E-state index is 12.6. The molecule has 6 heteroatoms. The van der Waals surface area contributed by atoms with Crippen molar-refractivity contribution in [3.05, 3.63) is 58.9 Å². The van der Waals surface area contributed by atoms with E-state index >= 15 is 0 Å². The standard InChI is InChI=1S/C19H22N4O2/c1-12-11-15(17-13(2)22-23(3)18(17)21-12)19(25)20-10-9-16(24)14-7-5-4-6-8-14/h4-8,11,16,24H,9-10H2,1-3H3,(H,20,25). The molecule has 0 aliphatic heterocycles. The van der Waals surface area contributed by atoms with Crippen LogP contribution in [0, 0.1) is 13.8 Å². The molecule has 1 atom stereocenters. The van der Waals surface area contributed by atoms with Gasteiger partial charge in [-0.2, -0.15) is 5.10 Å². The summed E-state index contributed by atoms with van der Waals surface area (Å²) in [6, 6.07) is 11.2. The van der Waals surface area contributed by atoms with Crippen LogP contribution in [0.3, 0.4) is 0 Å². The van der Waals surface area contributed by atoms with Crippen molar-refractivity contribution in [2.75, 3.05) is 6.54 Å². The van der Waals surface area contributed by atoms with Crippen LogP contribution in [-0.2, 0) is 7.05 Å². The first kappa shape index (κ1) is 17.1. The van der Waals surface area contributed by atoms with E-state index < -0.39 is 6.10 Å². The topological polar surface area (TPSA) is 80.0 Å². The highest BCUT2D eigenvalue weighted by atomic mass is 16.3. The number of carbonyl (C=O) groups excluding carboxylic acids is 1. The summed E-state index contributed by atoms with van der Waals surface area (Å²) in [6.45, 7) is 4.12. The molecule has 1 amide bonds. The highest BCUT2D eigenvalue weighted by Crippen LogP contribution is 2.21. The number of benzene rings is 1. The smallest absolute Gasteiger partial charge is 0.252 e. The summed E-state index contributed by atoms with van der Waals surface area (Å²) in [5, 5.41) is 18.2. The zero-order valence-corrected chi connectivity index (χ0v) is 14.7. The molecule has 3 aromatic rings. The number of carbonyl (C=O) groups is 1. The van der Waals surface area contributed by atoms with Crippen molar-refractivity contribution in [2.45, 2.75) is 26.4 Å². The molecule has 1 aromatic carbocycles. The molecule has 0 fully saturated rings. The normalized spacial score (nSPS) is 12.3. The van der Waals surface area contributed by atoms with Gasteiger partial charge in [-0.25, -0.2) is 4.98 Å². The average molecular weight is 338 g/mol. The predicted molar refractivity (Wildman–Crippen MR) is 96.3 cm³/mol. The van der Waals surface area contributed by atoms with E-state index in [4.69, 9.17) is 0 Å². The molecular formula is C19H22N4O2. The number of fused-ring (bicyclic) bond motifs is 1. The Labute approximate surface area is 146 Å². The van der Waals surface area contributed by atoms with E-state index in [0.717, 1.165) is 22.3 Å². The summed E-state index contributed by atoms with van der Waals surface area (Å²) in [7, 11) is 1.82. The van der Waals surface area contributed by atoms with E-state index in [-0.39, 0.29) is 5.91 Å². The second-order valence-electron chi connectivity index (χ2n) is 6.19. The molecule has 0 bridgehead atoms. The maximum absolute atomic E-state index is 12.6. The van der Waals surface area contributed by atoms with E-state index in [0.29, 0.717) is 24.2 Å². The second kappa shape index (κ2) is 7.03. The van der Waals surface area contributed by atoms with E-state index in [1.807, 2.05) is 51.2 Å². The van der Waals surface area contributed by atoms with Gasteiger partial charge in [0, 0.05) is 19.3 Å². The first-order valence-electron chi connectivity index (χ1n) is 8.29. The maximum Gasteiger partial charge on any atom is 0.252 e. The number of aromatic nitrogens is 3. The quantitative estimate of drug-likeness (QED) is 0.749. The van der Waals surface area contributed by atoms with Crippen LogP contribution < -0.4 is 5.32 Å². The van der Waals surface area contributed by atoms with Crippen molar-refractivity contribution in [2.24, 2.45) is 7.05 Å². The van der Waals surface area contributed by atoms with Crippen molar-refractivity contribution in [1.82, 2.24) is 20.1 Å². The number of aryl methyl sites for hydroxylation is 3. The highest BCUT2D eigenvalue weighted by Gasteiger charge is 2.17. The van der Waals surface area contributed by atoms with Gasteiger partial charge in [-0.05, 0) is 31.9 Å². The lowest BCUT2D eigenvalue weighted by atomic mass is 10.1. The van der Waals surface area contributed by atoms with Crippen molar-refractivity contribution in [3.8, 4) is 0 Å². The molecule has 0 saturated heterocycles. The Morgan fingerprint density at radius 1 is 1.28 bits per heavy atom. The minimum absolute atomic E-state index is 0.174. The Bertz CT molecular complexity index is 903. The third-order valence-electron chi connectivity index (χ3n) is 4.23. The van der Waals surface area contributed by atoms with E-state index in [9.17, 15) is 9.90 Å². The van der Waals surface area contributed by atoms with Crippen LogP contribution in [0.5, 0.6) is 0 Å². The number of pyridine rings is 1. The minimum atomic E-state index is -0.596. The van der Waals surface area contributed by atoms with E-state index in [2.05, 4.69) is 15.4 Å². The van der Waals surface area contributed by atoms with E-state index in [1.54, 1.807) is 10.7 Å². The summed E-state index contributed by atoms with van der Waals surface area (Å²) in [5.41, 5.74) is 3.67. The molecule has 0 saturated carbocycles. The van der Waals surface area contributed by atoms with E-state index in [1.165, 1.54) is 0 Å². The van der Waals surface area contributed by atoms with Gasteiger partial charge in [0.2, 0.25) is 0 Å². The number of rotatable bonds is 5. The number of hydrogen-bond donors (Lipinski definition) is 2. The van der Waals surface area contributed by atoms with Crippen LogP contribution in [0.4, 0.5) is 0 Å². The van der Waals surface area contributed by atoms with Crippen LogP contribution in [-0.4, -0.2) is 32.3 Å². The van der Waals surface area contributed by atoms with Gasteiger partial charge in [0.15, 0.2) is 5.65 Å². The van der Waals surface area contributed by atoms with Crippen LogP contribution in [0.15, 0.2) is 36.4 Å². The van der Waals surface area contributed by atoms with Gasteiger partial charge in [-0.1, -0.05) is 30.3 Å². The lowest BCUT2D eigenvalue weighted by Crippen LogP contribution is -2.26. The van der Waals surface area contributed by atoms with Gasteiger partial charge in [0.05, 0.1) is 22.7 Å². The SMILES string of the molecule is Cc1cc(C(=O)NCCC(O)c2ccccc2)c2c(C)nn(C)c2n1. The van der Waals surface area contributed by atoms with Gasteiger partial charge >= 0.3 is 0 Å².